The van der Waals surface area contributed by atoms with Gasteiger partial charge in [-0.15, -0.1) is 0 Å². The number of rotatable bonds is 2. The summed E-state index contributed by atoms with van der Waals surface area (Å²) >= 11 is 0. The number of carbonyl (C=O) groups is 3. The monoisotopic (exact) mass is 501 g/mol. The van der Waals surface area contributed by atoms with Crippen molar-refractivity contribution in [1.82, 2.24) is 0 Å². The number of phenolic OH excluding ortho intramolecular Hbond substituents is 1. The van der Waals surface area contributed by atoms with Crippen LogP contribution in [0.2, 0.25) is 0 Å². The van der Waals surface area contributed by atoms with E-state index in [4.69, 9.17) is 10.5 Å². The first-order valence-corrected chi connectivity index (χ1v) is 11.6. The van der Waals surface area contributed by atoms with Crippen LogP contribution in [0.5, 0.6) is 11.5 Å². The molecule has 37 heavy (non-hydrogen) atoms. The summed E-state index contributed by atoms with van der Waals surface area (Å²) < 4.78 is 5.15. The molecule has 3 aliphatic carbocycles. The molecule has 188 valence electrons. The molecule has 1 amide bonds. The van der Waals surface area contributed by atoms with Crippen LogP contribution in [0.1, 0.15) is 35.1 Å². The van der Waals surface area contributed by atoms with Crippen molar-refractivity contribution in [3.05, 3.63) is 75.6 Å². The first-order chi connectivity index (χ1) is 17.6. The standard InChI is InChI=1S/C28H23NO8/c1-37-17-7-3-13(4-8-17)2-5-14-6-9-19(30)22-18(14)11-15-10-16-12-20(31)23(27(29)35)26(34)28(16,36)25(33)21(15)24(22)32/h3-4,6-9,15-16,30,32,34,36H,10-12H2,1H3,(H2,29,35). The van der Waals surface area contributed by atoms with E-state index < -0.39 is 52.0 Å². The second kappa shape index (κ2) is 8.54. The first-order valence-electron chi connectivity index (χ1n) is 11.6. The van der Waals surface area contributed by atoms with Crippen molar-refractivity contribution in [2.75, 3.05) is 7.11 Å². The van der Waals surface area contributed by atoms with Crippen LogP contribution in [0.3, 0.4) is 0 Å². The highest BCUT2D eigenvalue weighted by atomic mass is 16.5. The number of hydrogen-bond donors (Lipinski definition) is 5. The van der Waals surface area contributed by atoms with E-state index in [0.717, 1.165) is 0 Å². The zero-order chi connectivity index (χ0) is 26.6. The third kappa shape index (κ3) is 3.57. The topological polar surface area (TPSA) is 167 Å². The van der Waals surface area contributed by atoms with Crippen molar-refractivity contribution in [2.24, 2.45) is 17.6 Å². The molecule has 6 N–H and O–H groups in total. The fourth-order valence-electron chi connectivity index (χ4n) is 5.55. The minimum atomic E-state index is -2.59. The Morgan fingerprint density at radius 3 is 2.41 bits per heavy atom. The van der Waals surface area contributed by atoms with Crippen LogP contribution >= 0.6 is 0 Å². The molecule has 1 saturated carbocycles. The molecule has 3 atom stereocenters. The van der Waals surface area contributed by atoms with E-state index in [9.17, 15) is 34.8 Å². The molecule has 0 bridgehead atoms. The summed E-state index contributed by atoms with van der Waals surface area (Å²) in [7, 11) is 1.56. The number of amides is 1. The molecule has 0 radical (unpaired) electrons. The average Bonchev–Trinajstić information content (AvgIpc) is 2.86. The van der Waals surface area contributed by atoms with Gasteiger partial charge in [0.1, 0.15) is 28.6 Å². The number of primary amides is 1. The summed E-state index contributed by atoms with van der Waals surface area (Å²) in [6, 6.07) is 10.1. The number of hydrogen-bond acceptors (Lipinski definition) is 8. The number of phenols is 1. The van der Waals surface area contributed by atoms with Crippen molar-refractivity contribution in [3.8, 4) is 23.3 Å². The SMILES string of the molecule is COc1ccc(C#Cc2ccc(O)c3c2CC2CC4CC(=O)C(C(N)=O)=C(O)C4(O)C(=O)C2=C3O)cc1. The fourth-order valence-corrected chi connectivity index (χ4v) is 5.55. The zero-order valence-electron chi connectivity index (χ0n) is 19.7. The molecule has 3 aliphatic rings. The van der Waals surface area contributed by atoms with E-state index in [1.807, 2.05) is 0 Å². The van der Waals surface area contributed by atoms with Crippen LogP contribution in [0.25, 0.3) is 5.76 Å². The summed E-state index contributed by atoms with van der Waals surface area (Å²) in [6.07, 6.45) is -0.120. The predicted octanol–water partition coefficient (Wildman–Crippen LogP) is 1.83. The van der Waals surface area contributed by atoms with Gasteiger partial charge in [0.05, 0.1) is 12.7 Å². The minimum Gasteiger partial charge on any atom is -0.508 e. The lowest BCUT2D eigenvalue weighted by molar-refractivity contribution is -0.147. The Labute approximate surface area is 211 Å². The van der Waals surface area contributed by atoms with E-state index in [1.54, 1.807) is 37.4 Å². The van der Waals surface area contributed by atoms with Crippen molar-refractivity contribution >= 4 is 23.2 Å². The maximum Gasteiger partial charge on any atom is 0.255 e. The molecule has 0 saturated heterocycles. The molecule has 5 rings (SSSR count). The van der Waals surface area contributed by atoms with Crippen molar-refractivity contribution < 1.29 is 39.5 Å². The largest absolute Gasteiger partial charge is 0.508 e. The molecular formula is C28H23NO8. The van der Waals surface area contributed by atoms with Crippen molar-refractivity contribution in [1.29, 1.82) is 0 Å². The number of carbonyl (C=O) groups excluding carboxylic acids is 3. The van der Waals surface area contributed by atoms with E-state index in [1.165, 1.54) is 6.07 Å². The lowest BCUT2D eigenvalue weighted by atomic mass is 9.59. The van der Waals surface area contributed by atoms with E-state index in [0.29, 0.717) is 22.4 Å². The number of fused-ring (bicyclic) bond motifs is 3. The van der Waals surface area contributed by atoms with Gasteiger partial charge in [-0.3, -0.25) is 14.4 Å². The van der Waals surface area contributed by atoms with Crippen LogP contribution in [0, 0.1) is 23.7 Å². The highest BCUT2D eigenvalue weighted by Gasteiger charge is 2.60. The number of nitrogens with two attached hydrogens (primary N) is 1. The molecular weight excluding hydrogens is 478 g/mol. The Kier molecular flexibility index (Phi) is 5.57. The molecule has 9 nitrogen and oxygen atoms in total. The van der Waals surface area contributed by atoms with Gasteiger partial charge in [0.15, 0.2) is 11.4 Å². The average molecular weight is 501 g/mol. The minimum absolute atomic E-state index is 0.00802. The normalized spacial score (nSPS) is 24.5. The molecule has 0 aliphatic heterocycles. The third-order valence-corrected chi connectivity index (χ3v) is 7.38. The fraction of sp³-hybridized carbons (Fsp3) is 0.250. The Bertz CT molecular complexity index is 1510. The first kappa shape index (κ1) is 24.2. The Morgan fingerprint density at radius 2 is 1.76 bits per heavy atom. The quantitative estimate of drug-likeness (QED) is 0.307. The van der Waals surface area contributed by atoms with Gasteiger partial charge in [0.25, 0.3) is 5.91 Å². The maximum absolute atomic E-state index is 13.5. The van der Waals surface area contributed by atoms with E-state index >= 15 is 0 Å². The summed E-state index contributed by atoms with van der Waals surface area (Å²) in [6.45, 7) is 0. The summed E-state index contributed by atoms with van der Waals surface area (Å²) in [5, 5.41) is 43.6. The molecule has 3 unspecified atom stereocenters. The second-order valence-corrected chi connectivity index (χ2v) is 9.37. The number of aliphatic hydroxyl groups excluding tert-OH is 2. The van der Waals surface area contributed by atoms with Gasteiger partial charge in [-0.05, 0) is 60.7 Å². The molecule has 9 heteroatoms. The van der Waals surface area contributed by atoms with E-state index in [2.05, 4.69) is 11.8 Å². The third-order valence-electron chi connectivity index (χ3n) is 7.38. The van der Waals surface area contributed by atoms with Gasteiger partial charge in [-0.2, -0.15) is 0 Å². The number of ether oxygens (including phenoxy) is 1. The highest BCUT2D eigenvalue weighted by molar-refractivity contribution is 6.22. The van der Waals surface area contributed by atoms with Crippen LogP contribution in [0.15, 0.2) is 53.3 Å². The number of benzene rings is 2. The second-order valence-electron chi connectivity index (χ2n) is 9.37. The molecule has 2 aromatic rings. The van der Waals surface area contributed by atoms with Crippen molar-refractivity contribution in [2.45, 2.75) is 24.9 Å². The lowest BCUT2D eigenvalue weighted by Crippen LogP contribution is -2.58. The number of aromatic hydroxyl groups is 1. The Hall–Kier alpha value is -4.55. The van der Waals surface area contributed by atoms with Gasteiger partial charge in [-0.1, -0.05) is 11.8 Å². The summed E-state index contributed by atoms with van der Waals surface area (Å²) in [4.78, 5) is 37.7. The van der Waals surface area contributed by atoms with Crippen LogP contribution < -0.4 is 10.5 Å². The highest BCUT2D eigenvalue weighted by Crippen LogP contribution is 2.52. The van der Waals surface area contributed by atoms with Gasteiger partial charge in [0, 0.05) is 29.0 Å². The van der Waals surface area contributed by atoms with Gasteiger partial charge >= 0.3 is 0 Å². The number of Topliss-reactive ketones (excluding diaryl/α,β-unsaturated/α-hetero) is 2. The van der Waals surface area contributed by atoms with E-state index in [-0.39, 0.29) is 36.1 Å². The van der Waals surface area contributed by atoms with Crippen molar-refractivity contribution in [3.63, 3.8) is 0 Å². The molecule has 2 aromatic carbocycles. The summed E-state index contributed by atoms with van der Waals surface area (Å²) in [5.41, 5.74) is 3.38. The summed E-state index contributed by atoms with van der Waals surface area (Å²) in [5.74, 6) is 0.155. The Balaban J connectivity index is 1.62. The van der Waals surface area contributed by atoms with Crippen LogP contribution in [-0.2, 0) is 20.8 Å². The molecule has 0 heterocycles. The smallest absolute Gasteiger partial charge is 0.255 e. The van der Waals surface area contributed by atoms with Gasteiger partial charge < -0.3 is 30.9 Å². The predicted molar refractivity (Wildman–Crippen MR) is 130 cm³/mol. The van der Waals surface area contributed by atoms with Gasteiger partial charge in [0.2, 0.25) is 5.78 Å². The lowest BCUT2D eigenvalue weighted by Gasteiger charge is -2.46. The molecule has 0 aromatic heterocycles. The van der Waals surface area contributed by atoms with Crippen LogP contribution in [-0.4, -0.2) is 50.6 Å². The van der Waals surface area contributed by atoms with Crippen LogP contribution in [0.4, 0.5) is 0 Å². The van der Waals surface area contributed by atoms with Gasteiger partial charge in [-0.25, -0.2) is 0 Å². The number of aliphatic hydroxyl groups is 3. The zero-order valence-corrected chi connectivity index (χ0v) is 19.7. The Morgan fingerprint density at radius 1 is 1.05 bits per heavy atom. The number of ketones is 2. The molecule has 1 fully saturated rings. The maximum atomic E-state index is 13.5. The number of methoxy groups -OCH3 is 1. The molecule has 0 spiro atoms.